The van der Waals surface area contributed by atoms with E-state index in [-0.39, 0.29) is 11.3 Å². The molecule has 5 heteroatoms. The first-order valence-electron chi connectivity index (χ1n) is 4.60. The minimum Gasteiger partial charge on any atom is -0.477 e. The first-order valence-corrected chi connectivity index (χ1v) is 4.60. The highest BCUT2D eigenvalue weighted by molar-refractivity contribution is 5.85. The highest BCUT2D eigenvalue weighted by Crippen LogP contribution is 1.96. The van der Waals surface area contributed by atoms with Crippen molar-refractivity contribution in [1.29, 1.82) is 0 Å². The number of rotatable bonds is 4. The molecule has 0 bridgehead atoms. The smallest absolute Gasteiger partial charge is 0.352 e. The zero-order valence-electron chi connectivity index (χ0n) is 8.80. The van der Waals surface area contributed by atoms with Crippen LogP contribution in [0.5, 0.6) is 0 Å². The summed E-state index contributed by atoms with van der Waals surface area (Å²) < 4.78 is 1.27. The fourth-order valence-electron chi connectivity index (χ4n) is 1.24. The van der Waals surface area contributed by atoms with Gasteiger partial charge in [-0.1, -0.05) is 6.07 Å². The molecule has 0 unspecified atom stereocenters. The van der Waals surface area contributed by atoms with E-state index in [0.29, 0.717) is 13.1 Å². The van der Waals surface area contributed by atoms with Gasteiger partial charge in [0.25, 0.3) is 5.56 Å². The molecule has 1 rings (SSSR count). The third kappa shape index (κ3) is 2.92. The van der Waals surface area contributed by atoms with Crippen LogP contribution in [0.25, 0.3) is 0 Å². The lowest BCUT2D eigenvalue weighted by Crippen LogP contribution is -2.29. The second-order valence-corrected chi connectivity index (χ2v) is 3.51. The third-order valence-corrected chi connectivity index (χ3v) is 2.04. The van der Waals surface area contributed by atoms with Crippen LogP contribution in [-0.4, -0.2) is 41.2 Å². The van der Waals surface area contributed by atoms with E-state index in [4.69, 9.17) is 5.11 Å². The van der Waals surface area contributed by atoms with Crippen LogP contribution in [0.1, 0.15) is 10.5 Å². The van der Waals surface area contributed by atoms with Crippen molar-refractivity contribution < 1.29 is 9.90 Å². The number of likely N-dealkylation sites (N-methyl/N-ethyl adjacent to an activating group) is 1. The number of aromatic nitrogens is 1. The van der Waals surface area contributed by atoms with Gasteiger partial charge in [-0.05, 0) is 20.2 Å². The highest BCUT2D eigenvalue weighted by atomic mass is 16.4. The number of hydrogen-bond donors (Lipinski definition) is 1. The quantitative estimate of drug-likeness (QED) is 0.766. The van der Waals surface area contributed by atoms with E-state index in [1.807, 2.05) is 19.0 Å². The van der Waals surface area contributed by atoms with Gasteiger partial charge in [0.2, 0.25) is 0 Å². The summed E-state index contributed by atoms with van der Waals surface area (Å²) >= 11 is 0. The Bertz CT molecular complexity index is 409. The number of aromatic carboxylic acids is 1. The number of carboxylic acids is 1. The molecule has 15 heavy (non-hydrogen) atoms. The van der Waals surface area contributed by atoms with E-state index < -0.39 is 5.97 Å². The molecule has 0 aromatic carbocycles. The van der Waals surface area contributed by atoms with Gasteiger partial charge in [0.15, 0.2) is 0 Å². The molecule has 1 aromatic heterocycles. The third-order valence-electron chi connectivity index (χ3n) is 2.04. The van der Waals surface area contributed by atoms with Gasteiger partial charge in [-0.3, -0.25) is 4.79 Å². The summed E-state index contributed by atoms with van der Waals surface area (Å²) in [5.74, 6) is -1.08. The van der Waals surface area contributed by atoms with Crippen LogP contribution in [0.15, 0.2) is 23.0 Å². The fraction of sp³-hybridized carbons (Fsp3) is 0.400. The molecule has 0 radical (unpaired) electrons. The van der Waals surface area contributed by atoms with Gasteiger partial charge in [-0.15, -0.1) is 0 Å². The molecule has 0 atom stereocenters. The van der Waals surface area contributed by atoms with Crippen LogP contribution in [0.4, 0.5) is 0 Å². The molecule has 82 valence electrons. The molecule has 1 N–H and O–H groups in total. The Labute approximate surface area is 87.6 Å². The van der Waals surface area contributed by atoms with Crippen LogP contribution in [0.2, 0.25) is 0 Å². The van der Waals surface area contributed by atoms with Gasteiger partial charge in [0.05, 0.1) is 0 Å². The van der Waals surface area contributed by atoms with Crippen molar-refractivity contribution in [2.24, 2.45) is 0 Å². The van der Waals surface area contributed by atoms with Crippen LogP contribution in [0.3, 0.4) is 0 Å². The van der Waals surface area contributed by atoms with Gasteiger partial charge < -0.3 is 14.6 Å². The summed E-state index contributed by atoms with van der Waals surface area (Å²) in [6.45, 7) is 1.01. The fourth-order valence-corrected chi connectivity index (χ4v) is 1.24. The Morgan fingerprint density at radius 2 is 2.13 bits per heavy atom. The van der Waals surface area contributed by atoms with Gasteiger partial charge in [-0.2, -0.15) is 0 Å². The monoisotopic (exact) mass is 210 g/mol. The Kier molecular flexibility index (Phi) is 3.62. The lowest BCUT2D eigenvalue weighted by Gasteiger charge is -2.13. The largest absolute Gasteiger partial charge is 0.477 e. The van der Waals surface area contributed by atoms with E-state index in [2.05, 4.69) is 0 Å². The number of hydrogen-bond acceptors (Lipinski definition) is 3. The van der Waals surface area contributed by atoms with Crippen LogP contribution < -0.4 is 5.56 Å². The van der Waals surface area contributed by atoms with E-state index in [0.717, 1.165) is 0 Å². The molecule has 0 aliphatic rings. The Hall–Kier alpha value is -1.62. The van der Waals surface area contributed by atoms with Crippen molar-refractivity contribution in [3.8, 4) is 0 Å². The number of carbonyl (C=O) groups is 1. The standard InChI is InChI=1S/C10H14N2O3/c1-11(2)6-7-12-8(10(14)15)4-3-5-9(12)13/h3-5H,6-7H2,1-2H3,(H,14,15). The Morgan fingerprint density at radius 1 is 1.47 bits per heavy atom. The maximum Gasteiger partial charge on any atom is 0.352 e. The minimum atomic E-state index is -1.08. The van der Waals surface area contributed by atoms with Crippen LogP contribution in [0, 0.1) is 0 Å². The molecular weight excluding hydrogens is 196 g/mol. The lowest BCUT2D eigenvalue weighted by molar-refractivity contribution is 0.0682. The molecule has 0 aliphatic heterocycles. The van der Waals surface area contributed by atoms with Crippen molar-refractivity contribution in [3.63, 3.8) is 0 Å². The summed E-state index contributed by atoms with van der Waals surface area (Å²) in [5.41, 5.74) is -0.249. The highest BCUT2D eigenvalue weighted by Gasteiger charge is 2.09. The maximum absolute atomic E-state index is 11.4. The molecular formula is C10H14N2O3. The minimum absolute atomic E-state index is 0.0318. The molecule has 5 nitrogen and oxygen atoms in total. The van der Waals surface area contributed by atoms with E-state index in [1.54, 1.807) is 0 Å². The van der Waals surface area contributed by atoms with Crippen molar-refractivity contribution in [1.82, 2.24) is 9.47 Å². The van der Waals surface area contributed by atoms with E-state index in [9.17, 15) is 9.59 Å². The maximum atomic E-state index is 11.4. The summed E-state index contributed by atoms with van der Waals surface area (Å²) in [7, 11) is 3.74. The molecule has 0 fully saturated rings. The van der Waals surface area contributed by atoms with Gasteiger partial charge >= 0.3 is 5.97 Å². The summed E-state index contributed by atoms with van der Waals surface area (Å²) in [5, 5.41) is 8.88. The summed E-state index contributed by atoms with van der Waals surface area (Å²) in [4.78, 5) is 24.2. The zero-order chi connectivity index (χ0) is 11.4. The van der Waals surface area contributed by atoms with Crippen molar-refractivity contribution in [3.05, 3.63) is 34.2 Å². The zero-order valence-corrected chi connectivity index (χ0v) is 8.80. The van der Waals surface area contributed by atoms with Crippen molar-refractivity contribution >= 4 is 5.97 Å². The first-order chi connectivity index (χ1) is 7.02. The van der Waals surface area contributed by atoms with Crippen molar-refractivity contribution in [2.75, 3.05) is 20.6 Å². The molecule has 0 saturated heterocycles. The van der Waals surface area contributed by atoms with Crippen LogP contribution in [-0.2, 0) is 6.54 Å². The first kappa shape index (κ1) is 11.5. The lowest BCUT2D eigenvalue weighted by atomic mass is 10.3. The molecule has 0 amide bonds. The normalized spacial score (nSPS) is 10.6. The summed E-state index contributed by atoms with van der Waals surface area (Å²) in [6, 6.07) is 4.25. The average molecular weight is 210 g/mol. The molecule has 0 spiro atoms. The number of pyridine rings is 1. The summed E-state index contributed by atoms with van der Waals surface area (Å²) in [6.07, 6.45) is 0. The second-order valence-electron chi connectivity index (χ2n) is 3.51. The Morgan fingerprint density at radius 3 is 2.67 bits per heavy atom. The average Bonchev–Trinajstić information content (AvgIpc) is 2.15. The predicted octanol–water partition coefficient (Wildman–Crippen LogP) is 0.108. The predicted molar refractivity (Wildman–Crippen MR) is 56.2 cm³/mol. The van der Waals surface area contributed by atoms with Gasteiger partial charge in [0.1, 0.15) is 5.69 Å². The van der Waals surface area contributed by atoms with Gasteiger partial charge in [-0.25, -0.2) is 4.79 Å². The SMILES string of the molecule is CN(C)CCn1c(C(=O)O)cccc1=O. The topological polar surface area (TPSA) is 62.5 Å². The number of carboxylic acid groups (broad SMARTS) is 1. The molecule has 0 aliphatic carbocycles. The van der Waals surface area contributed by atoms with E-state index in [1.165, 1.54) is 22.8 Å². The second kappa shape index (κ2) is 4.75. The van der Waals surface area contributed by atoms with Gasteiger partial charge in [0, 0.05) is 19.2 Å². The van der Waals surface area contributed by atoms with Crippen molar-refractivity contribution in [2.45, 2.75) is 6.54 Å². The molecule has 1 heterocycles. The van der Waals surface area contributed by atoms with E-state index >= 15 is 0 Å². The van der Waals surface area contributed by atoms with Crippen LogP contribution >= 0.6 is 0 Å². The molecule has 1 aromatic rings. The molecule has 0 saturated carbocycles. The number of nitrogens with zero attached hydrogens (tertiary/aromatic N) is 2. The Balaban J connectivity index is 3.03.